The smallest absolute Gasteiger partial charge is 0.222 e. The van der Waals surface area contributed by atoms with Crippen molar-refractivity contribution in [3.05, 3.63) is 36.0 Å². The second-order valence-corrected chi connectivity index (χ2v) is 5.70. The first-order chi connectivity index (χ1) is 9.47. The number of hydrogen-bond donors (Lipinski definition) is 2. The maximum absolute atomic E-state index is 11.2. The monoisotopic (exact) mass is 273 g/mol. The molecular formula is C16H23N3O. The molecule has 4 heteroatoms. The summed E-state index contributed by atoms with van der Waals surface area (Å²) in [6.45, 7) is 7.63. The summed E-state index contributed by atoms with van der Waals surface area (Å²) in [7, 11) is 0. The zero-order valence-corrected chi connectivity index (χ0v) is 12.4. The summed E-state index contributed by atoms with van der Waals surface area (Å²) in [5.74, 6) is -0.419. The van der Waals surface area contributed by atoms with Crippen LogP contribution in [0.5, 0.6) is 0 Å². The number of nitrogens with two attached hydrogens (primary N) is 1. The van der Waals surface area contributed by atoms with Gasteiger partial charge in [0, 0.05) is 30.8 Å². The van der Waals surface area contributed by atoms with Crippen LogP contribution in [0.25, 0.3) is 10.9 Å². The quantitative estimate of drug-likeness (QED) is 0.848. The van der Waals surface area contributed by atoms with Gasteiger partial charge in [0.05, 0.1) is 5.92 Å². The number of hydrogen-bond acceptors (Lipinski definition) is 2. The maximum atomic E-state index is 11.2. The van der Waals surface area contributed by atoms with E-state index >= 15 is 0 Å². The minimum absolute atomic E-state index is 0.159. The van der Waals surface area contributed by atoms with Crippen molar-refractivity contribution in [2.45, 2.75) is 39.9 Å². The number of nitrogens with one attached hydrogen (secondary N) is 1. The van der Waals surface area contributed by atoms with Crippen molar-refractivity contribution >= 4 is 16.8 Å². The molecule has 0 radical (unpaired) electrons. The predicted octanol–water partition coefficient (Wildman–Crippen LogP) is 2.26. The van der Waals surface area contributed by atoms with Crippen molar-refractivity contribution in [1.82, 2.24) is 9.88 Å². The van der Waals surface area contributed by atoms with E-state index in [4.69, 9.17) is 5.73 Å². The van der Waals surface area contributed by atoms with E-state index in [-0.39, 0.29) is 11.8 Å². The number of amides is 1. The molecule has 0 aliphatic heterocycles. The number of carbonyl (C=O) groups excluding carboxylic acids is 1. The lowest BCUT2D eigenvalue weighted by Crippen LogP contribution is -2.24. The van der Waals surface area contributed by atoms with Gasteiger partial charge in [0.15, 0.2) is 0 Å². The second kappa shape index (κ2) is 6.09. The van der Waals surface area contributed by atoms with Crippen LogP contribution in [0, 0.1) is 5.92 Å². The van der Waals surface area contributed by atoms with Gasteiger partial charge in [-0.2, -0.15) is 0 Å². The fourth-order valence-corrected chi connectivity index (χ4v) is 2.23. The molecule has 1 heterocycles. The average molecular weight is 273 g/mol. The molecule has 1 aromatic carbocycles. The van der Waals surface area contributed by atoms with Gasteiger partial charge in [0.2, 0.25) is 5.91 Å². The molecule has 0 aliphatic rings. The first kappa shape index (κ1) is 14.6. The Hall–Kier alpha value is -1.81. The van der Waals surface area contributed by atoms with Gasteiger partial charge in [-0.3, -0.25) is 4.79 Å². The maximum Gasteiger partial charge on any atom is 0.222 e. The number of benzene rings is 1. The van der Waals surface area contributed by atoms with E-state index in [1.165, 1.54) is 10.9 Å². The molecule has 0 saturated heterocycles. The van der Waals surface area contributed by atoms with Crippen molar-refractivity contribution in [2.24, 2.45) is 11.7 Å². The largest absolute Gasteiger partial charge is 0.369 e. The van der Waals surface area contributed by atoms with Crippen molar-refractivity contribution in [2.75, 3.05) is 0 Å². The summed E-state index contributed by atoms with van der Waals surface area (Å²) < 4.78 is 2.09. The fourth-order valence-electron chi connectivity index (χ4n) is 2.23. The summed E-state index contributed by atoms with van der Waals surface area (Å²) in [4.78, 5) is 11.2. The number of rotatable bonds is 6. The molecule has 20 heavy (non-hydrogen) atoms. The lowest BCUT2D eigenvalue weighted by Gasteiger charge is -2.11. The van der Waals surface area contributed by atoms with Gasteiger partial charge in [-0.1, -0.05) is 26.8 Å². The van der Waals surface area contributed by atoms with Crippen LogP contribution >= 0.6 is 0 Å². The van der Waals surface area contributed by atoms with Crippen LogP contribution in [0.2, 0.25) is 0 Å². The van der Waals surface area contributed by atoms with Gasteiger partial charge in [-0.15, -0.1) is 0 Å². The Labute approximate surface area is 120 Å². The highest BCUT2D eigenvalue weighted by Gasteiger charge is 2.11. The molecule has 0 bridgehead atoms. The molecule has 4 nitrogen and oxygen atoms in total. The van der Waals surface area contributed by atoms with Crippen LogP contribution in [-0.2, 0) is 17.9 Å². The molecule has 0 spiro atoms. The van der Waals surface area contributed by atoms with Gasteiger partial charge in [0.25, 0.3) is 0 Å². The SMILES string of the molecule is CC(C)NCc1ccc2c(ccn2CC(C)C(N)=O)c1. The van der Waals surface area contributed by atoms with Gasteiger partial charge in [-0.05, 0) is 29.1 Å². The first-order valence-corrected chi connectivity index (χ1v) is 7.08. The molecule has 2 rings (SSSR count). The lowest BCUT2D eigenvalue weighted by molar-refractivity contribution is -0.121. The van der Waals surface area contributed by atoms with Crippen LogP contribution in [0.1, 0.15) is 26.3 Å². The molecule has 2 aromatic rings. The Morgan fingerprint density at radius 2 is 2.05 bits per heavy atom. The van der Waals surface area contributed by atoms with Gasteiger partial charge in [0.1, 0.15) is 0 Å². The predicted molar refractivity (Wildman–Crippen MR) is 82.3 cm³/mol. The van der Waals surface area contributed by atoms with E-state index in [1.54, 1.807) is 0 Å². The van der Waals surface area contributed by atoms with E-state index in [0.29, 0.717) is 12.6 Å². The summed E-state index contributed by atoms with van der Waals surface area (Å²) >= 11 is 0. The number of aromatic nitrogens is 1. The van der Waals surface area contributed by atoms with Gasteiger partial charge in [-0.25, -0.2) is 0 Å². The van der Waals surface area contributed by atoms with E-state index in [2.05, 4.69) is 48.0 Å². The molecular weight excluding hydrogens is 250 g/mol. The van der Waals surface area contributed by atoms with Crippen molar-refractivity contribution in [1.29, 1.82) is 0 Å². The minimum atomic E-state index is -0.260. The van der Waals surface area contributed by atoms with Crippen LogP contribution in [0.4, 0.5) is 0 Å². The molecule has 0 aliphatic carbocycles. The standard InChI is InChI=1S/C16H23N3O/c1-11(2)18-9-13-4-5-15-14(8-13)6-7-19(15)10-12(3)16(17)20/h4-8,11-12,18H,9-10H2,1-3H3,(H2,17,20). The summed E-state index contributed by atoms with van der Waals surface area (Å²) in [6, 6.07) is 8.99. The fraction of sp³-hybridized carbons (Fsp3) is 0.438. The summed E-state index contributed by atoms with van der Waals surface area (Å²) in [5, 5.41) is 4.61. The Morgan fingerprint density at radius 3 is 2.70 bits per heavy atom. The third-order valence-electron chi connectivity index (χ3n) is 3.51. The number of carbonyl (C=O) groups is 1. The van der Waals surface area contributed by atoms with E-state index in [1.807, 2.05) is 13.1 Å². The van der Waals surface area contributed by atoms with Crippen LogP contribution in [-0.4, -0.2) is 16.5 Å². The third-order valence-corrected chi connectivity index (χ3v) is 3.51. The topological polar surface area (TPSA) is 60.1 Å². The highest BCUT2D eigenvalue weighted by atomic mass is 16.1. The van der Waals surface area contributed by atoms with E-state index < -0.39 is 0 Å². The Bertz CT molecular complexity index is 601. The highest BCUT2D eigenvalue weighted by molar-refractivity contribution is 5.81. The molecule has 1 amide bonds. The zero-order valence-electron chi connectivity index (χ0n) is 12.4. The molecule has 0 saturated carbocycles. The molecule has 0 fully saturated rings. The molecule has 1 aromatic heterocycles. The molecule has 108 valence electrons. The Kier molecular flexibility index (Phi) is 4.45. The highest BCUT2D eigenvalue weighted by Crippen LogP contribution is 2.19. The molecule has 1 unspecified atom stereocenters. The average Bonchev–Trinajstić information content (AvgIpc) is 2.78. The molecule has 3 N–H and O–H groups in total. The van der Waals surface area contributed by atoms with E-state index in [0.717, 1.165) is 12.1 Å². The van der Waals surface area contributed by atoms with Crippen molar-refractivity contribution < 1.29 is 4.79 Å². The Morgan fingerprint density at radius 1 is 1.30 bits per heavy atom. The van der Waals surface area contributed by atoms with Crippen molar-refractivity contribution in [3.63, 3.8) is 0 Å². The van der Waals surface area contributed by atoms with E-state index in [9.17, 15) is 4.79 Å². The number of fused-ring (bicyclic) bond motifs is 1. The second-order valence-electron chi connectivity index (χ2n) is 5.70. The zero-order chi connectivity index (χ0) is 14.7. The van der Waals surface area contributed by atoms with Crippen LogP contribution in [0.15, 0.2) is 30.5 Å². The normalized spacial score (nSPS) is 13.0. The lowest BCUT2D eigenvalue weighted by atomic mass is 10.1. The summed E-state index contributed by atoms with van der Waals surface area (Å²) in [6.07, 6.45) is 2.02. The third kappa shape index (κ3) is 3.39. The number of primary amides is 1. The van der Waals surface area contributed by atoms with Crippen LogP contribution < -0.4 is 11.1 Å². The Balaban J connectivity index is 2.18. The number of nitrogens with zero attached hydrogens (tertiary/aromatic N) is 1. The minimum Gasteiger partial charge on any atom is -0.369 e. The first-order valence-electron chi connectivity index (χ1n) is 7.08. The van der Waals surface area contributed by atoms with Gasteiger partial charge < -0.3 is 15.6 Å². The molecule has 1 atom stereocenters. The van der Waals surface area contributed by atoms with Crippen LogP contribution in [0.3, 0.4) is 0 Å². The van der Waals surface area contributed by atoms with Gasteiger partial charge >= 0.3 is 0 Å². The van der Waals surface area contributed by atoms with Crippen molar-refractivity contribution in [3.8, 4) is 0 Å². The summed E-state index contributed by atoms with van der Waals surface area (Å²) in [5.41, 5.74) is 7.74.